The molecule has 0 aliphatic heterocycles. The van der Waals surface area contributed by atoms with Crippen LogP contribution >= 0.6 is 21.6 Å². The summed E-state index contributed by atoms with van der Waals surface area (Å²) >= 11 is 0. The van der Waals surface area contributed by atoms with Crippen LogP contribution in [-0.2, 0) is 89.0 Å². The Morgan fingerprint density at radius 1 is 0.569 bits per heavy atom. The standard InChI is InChI=1S/C28H32N8O8S2.2C5H5.2Fe/c1-41-25(37)23(29-27(39)43-15-21-13-35(33-31-21)11-19-7-3-4-8-19)17-45-46-18-24(26(38)42-2)30-28(40)44-16-22-14-36(34-32-22)12-20-9-5-6-10-20;2*1-2-4-5-3-1;;/h3-10,13-14,23-24H,11-12,15-18H2,1-2H3,(H,29,39)(H,30,40);2*1-5H;;/q;;;2*+2/t23-,24-;;;;/m0..../s1. The van der Waals surface area contributed by atoms with Crippen molar-refractivity contribution in [2.24, 2.45) is 0 Å². The van der Waals surface area contributed by atoms with E-state index < -0.39 is 36.2 Å². The van der Waals surface area contributed by atoms with Gasteiger partial charge in [0.2, 0.25) is 0 Å². The Kier molecular flexibility index (Phi) is 27.2. The molecule has 4 fully saturated rings. The first-order chi connectivity index (χ1) is 27.3. The summed E-state index contributed by atoms with van der Waals surface area (Å²) in [6.45, 7) is 0.745. The van der Waals surface area contributed by atoms with Gasteiger partial charge in [-0.3, -0.25) is 9.36 Å². The molecule has 20 heteroatoms. The van der Waals surface area contributed by atoms with Crippen molar-refractivity contribution in [3.05, 3.63) is 151 Å². The van der Waals surface area contributed by atoms with Crippen LogP contribution in [0.5, 0.6) is 0 Å². The van der Waals surface area contributed by atoms with Crippen LogP contribution in [0.1, 0.15) is 11.4 Å². The number of nitrogens with one attached hydrogen (secondary N) is 2. The number of hydrogen-bond acceptors (Lipinski definition) is 14. The molecule has 2 atom stereocenters. The predicted octanol–water partition coefficient (Wildman–Crippen LogP) is 3.34. The van der Waals surface area contributed by atoms with Crippen LogP contribution in [0.15, 0.2) is 12.4 Å². The molecule has 16 nitrogen and oxygen atoms in total. The summed E-state index contributed by atoms with van der Waals surface area (Å²) in [5, 5.41) is 20.9. The number of aromatic nitrogens is 6. The third kappa shape index (κ3) is 20.7. The Hall–Kier alpha value is -2.50. The van der Waals surface area contributed by atoms with Crippen LogP contribution < -0.4 is 10.6 Å². The summed E-state index contributed by atoms with van der Waals surface area (Å²) in [5.41, 5.74) is 0.863. The number of alkyl carbamates (subject to hydrolysis) is 2. The number of carbonyl (C=O) groups excluding carboxylic acids is 4. The summed E-state index contributed by atoms with van der Waals surface area (Å²) in [5.74, 6) is 0.874. The van der Waals surface area contributed by atoms with Gasteiger partial charge in [0, 0.05) is 36.4 Å². The Morgan fingerprint density at radius 3 is 1.21 bits per heavy atom. The number of methoxy groups -OCH3 is 2. The zero-order chi connectivity index (χ0) is 39.8. The Labute approximate surface area is 372 Å². The number of carbonyl (C=O) groups is 4. The molecule has 0 aromatic carbocycles. The van der Waals surface area contributed by atoms with Gasteiger partial charge >= 0.3 is 58.3 Å². The summed E-state index contributed by atoms with van der Waals surface area (Å²) in [6, 6.07) is -2.10. The van der Waals surface area contributed by atoms with E-state index in [9.17, 15) is 19.2 Å². The predicted molar refractivity (Wildman–Crippen MR) is 207 cm³/mol. The van der Waals surface area contributed by atoms with Crippen molar-refractivity contribution in [3.8, 4) is 0 Å². The SMILES string of the molecule is COC(=O)[C@H](CSSC[C@H](NC(=O)OCc1cn(C[C]2[CH][CH][CH][CH]2)nn1)C(=O)OC)NC(=O)OCc1cn(C[C]2[CH][CH][CH][CH]2)nn1.[CH]1[CH][CH][CH][CH]1.[CH]1[CH][CH][CH][CH]1.[Fe+2].[Fe+2]. The number of rotatable bonds is 17. The molecule has 4 aliphatic carbocycles. The van der Waals surface area contributed by atoms with E-state index in [2.05, 4.69) is 31.3 Å². The summed E-state index contributed by atoms with van der Waals surface area (Å²) < 4.78 is 23.2. The average molecular weight is 915 g/mol. The first kappa shape index (κ1) is 51.6. The van der Waals surface area contributed by atoms with E-state index in [0.29, 0.717) is 24.5 Å². The van der Waals surface area contributed by atoms with Crippen LogP contribution in [-0.4, -0.2) is 91.9 Å². The van der Waals surface area contributed by atoms with Crippen LogP contribution in [0.2, 0.25) is 0 Å². The first-order valence-corrected chi connectivity index (χ1v) is 19.6. The van der Waals surface area contributed by atoms with Gasteiger partial charge in [-0.1, -0.05) is 32.0 Å². The average Bonchev–Trinajstić information content (AvgIpc) is 4.06. The largest absolute Gasteiger partial charge is 2.00 e. The first-order valence-electron chi connectivity index (χ1n) is 17.1. The van der Waals surface area contributed by atoms with Crippen LogP contribution in [0, 0.1) is 127 Å². The third-order valence-corrected chi connectivity index (χ3v) is 9.67. The van der Waals surface area contributed by atoms with E-state index in [4.69, 9.17) is 18.9 Å². The maximum atomic E-state index is 12.4. The fourth-order valence-electron chi connectivity index (χ4n) is 4.52. The molecule has 20 radical (unpaired) electrons. The minimum absolute atomic E-state index is 0. The quantitative estimate of drug-likeness (QED) is 0.0773. The Balaban J connectivity index is 0.000000840. The Bertz CT molecular complexity index is 1330. The summed E-state index contributed by atoms with van der Waals surface area (Å²) in [7, 11) is 4.71. The van der Waals surface area contributed by atoms with Crippen molar-refractivity contribution in [3.63, 3.8) is 0 Å². The molecular formula is C38H42Fe2N8O8S2+4. The van der Waals surface area contributed by atoms with Crippen molar-refractivity contribution < 1.29 is 72.3 Å². The fourth-order valence-corrected chi connectivity index (χ4v) is 6.82. The van der Waals surface area contributed by atoms with Crippen molar-refractivity contribution in [1.29, 1.82) is 0 Å². The van der Waals surface area contributed by atoms with Gasteiger partial charge in [-0.2, -0.15) is 0 Å². The van der Waals surface area contributed by atoms with Gasteiger partial charge < -0.3 is 29.6 Å². The van der Waals surface area contributed by atoms with Gasteiger partial charge in [0.15, 0.2) is 0 Å². The van der Waals surface area contributed by atoms with Crippen molar-refractivity contribution in [2.45, 2.75) is 38.4 Å². The normalized spacial score (nSPS) is 17.2. The van der Waals surface area contributed by atoms with Gasteiger partial charge in [0.05, 0.1) is 26.6 Å². The van der Waals surface area contributed by atoms with Gasteiger partial charge in [-0.05, 0) is 116 Å². The van der Waals surface area contributed by atoms with Crippen LogP contribution in [0.3, 0.4) is 0 Å². The number of nitrogens with zero attached hydrogens (tertiary/aromatic N) is 6. The molecule has 306 valence electrons. The molecule has 2 heterocycles. The summed E-state index contributed by atoms with van der Waals surface area (Å²) in [4.78, 5) is 49.3. The molecule has 6 rings (SSSR count). The fraction of sp³-hybridized carbons (Fsp3) is 0.263. The maximum absolute atomic E-state index is 12.4. The number of hydrogen-bond donors (Lipinski definition) is 2. The van der Waals surface area contributed by atoms with E-state index in [1.165, 1.54) is 14.2 Å². The molecular weight excluding hydrogens is 872 g/mol. The second kappa shape index (κ2) is 30.5. The zero-order valence-corrected chi connectivity index (χ0v) is 35.3. The van der Waals surface area contributed by atoms with E-state index in [1.54, 1.807) is 21.8 Å². The maximum Gasteiger partial charge on any atom is 2.00 e. The molecule has 2 aromatic heterocycles. The second-order valence-corrected chi connectivity index (χ2v) is 14.0. The van der Waals surface area contributed by atoms with E-state index in [-0.39, 0.29) is 58.9 Å². The van der Waals surface area contributed by atoms with Crippen molar-refractivity contribution >= 4 is 45.7 Å². The summed E-state index contributed by atoms with van der Waals surface area (Å²) in [6.07, 6.45) is 37.1. The molecule has 2 N–H and O–H groups in total. The second-order valence-electron chi connectivity index (χ2n) is 11.5. The van der Waals surface area contributed by atoms with Gasteiger partial charge in [0.1, 0.15) is 36.7 Å². The van der Waals surface area contributed by atoms with Gasteiger partial charge in [-0.15, -0.1) is 10.2 Å². The number of amides is 2. The van der Waals surface area contributed by atoms with Crippen LogP contribution in [0.4, 0.5) is 9.59 Å². The number of esters is 2. The zero-order valence-electron chi connectivity index (χ0n) is 31.4. The van der Waals surface area contributed by atoms with Gasteiger partial charge in [-0.25, -0.2) is 19.2 Å². The smallest absolute Gasteiger partial charge is 0.467 e. The molecule has 4 saturated carbocycles. The third-order valence-electron chi connectivity index (χ3n) is 7.25. The molecule has 2 aromatic rings. The topological polar surface area (TPSA) is 191 Å². The molecule has 4 aliphatic rings. The van der Waals surface area contributed by atoms with Crippen LogP contribution in [0.25, 0.3) is 0 Å². The molecule has 58 heavy (non-hydrogen) atoms. The van der Waals surface area contributed by atoms with E-state index >= 15 is 0 Å². The van der Waals surface area contributed by atoms with E-state index in [0.717, 1.165) is 33.4 Å². The monoisotopic (exact) mass is 914 g/mol. The minimum atomic E-state index is -1.05. The van der Waals surface area contributed by atoms with Crippen molar-refractivity contribution in [1.82, 2.24) is 40.6 Å². The van der Waals surface area contributed by atoms with Gasteiger partial charge in [0.25, 0.3) is 0 Å². The molecule has 0 spiro atoms. The number of ether oxygens (including phenoxy) is 4. The molecule has 0 saturated heterocycles. The minimum Gasteiger partial charge on any atom is -0.467 e. The van der Waals surface area contributed by atoms with E-state index in [1.807, 2.05) is 116 Å². The van der Waals surface area contributed by atoms with Crippen molar-refractivity contribution in [2.75, 3.05) is 25.7 Å². The molecule has 2 amide bonds. The molecule has 0 unspecified atom stereocenters. The Morgan fingerprint density at radius 2 is 0.897 bits per heavy atom. The molecule has 0 bridgehead atoms.